The van der Waals surface area contributed by atoms with Crippen LogP contribution in [0.1, 0.15) is 29.8 Å². The normalized spacial score (nSPS) is 11.2. The van der Waals surface area contributed by atoms with Crippen LogP contribution in [0, 0.1) is 5.41 Å². The number of para-hydroxylation sites is 2. The Morgan fingerprint density at radius 3 is 2.38 bits per heavy atom. The summed E-state index contributed by atoms with van der Waals surface area (Å²) in [5.74, 6) is -0.222. The number of fused-ring (bicyclic) bond motifs is 2. The zero-order chi connectivity index (χ0) is 27.1. The first-order valence-electron chi connectivity index (χ1n) is 12.7. The number of hydrogen-bond donors (Lipinski definition) is 3. The molecular weight excluding hydrogens is 486 g/mol. The second-order valence-electron chi connectivity index (χ2n) is 9.63. The summed E-state index contributed by atoms with van der Waals surface area (Å²) >= 11 is 0. The topological polar surface area (TPSA) is 95.7 Å². The number of H-pyrrole nitrogens is 1. The molecule has 0 bridgehead atoms. The molecule has 0 aliphatic rings. The summed E-state index contributed by atoms with van der Waals surface area (Å²) in [5, 5.41) is 13.2. The minimum Gasteiger partial charge on any atom is -0.361 e. The number of nitrogens with zero attached hydrogens (tertiary/aromatic N) is 2. The van der Waals surface area contributed by atoms with E-state index in [0.29, 0.717) is 23.4 Å². The number of imidazole rings is 1. The number of anilines is 1. The fourth-order valence-corrected chi connectivity index (χ4v) is 5.20. The Hall–Kier alpha value is -5.17. The van der Waals surface area contributed by atoms with E-state index in [2.05, 4.69) is 28.5 Å². The third kappa shape index (κ3) is 4.34. The van der Waals surface area contributed by atoms with E-state index in [1.54, 1.807) is 18.2 Å². The second kappa shape index (κ2) is 9.61. The van der Waals surface area contributed by atoms with Gasteiger partial charge in [0, 0.05) is 46.5 Å². The number of nitrogens with one attached hydrogen (secondary N) is 3. The fourth-order valence-electron chi connectivity index (χ4n) is 5.20. The highest BCUT2D eigenvalue weighted by atomic mass is 16.1. The van der Waals surface area contributed by atoms with Crippen molar-refractivity contribution in [3.05, 3.63) is 114 Å². The van der Waals surface area contributed by atoms with Gasteiger partial charge in [-0.3, -0.25) is 19.6 Å². The number of ketones is 1. The maximum absolute atomic E-state index is 12.0. The van der Waals surface area contributed by atoms with Crippen molar-refractivity contribution in [2.45, 2.75) is 20.4 Å². The van der Waals surface area contributed by atoms with Gasteiger partial charge in [0.2, 0.25) is 11.5 Å². The number of carbonyl (C=O) groups excluding carboxylic acids is 2. The van der Waals surface area contributed by atoms with Crippen molar-refractivity contribution in [2.75, 3.05) is 5.32 Å². The molecule has 7 nitrogen and oxygen atoms in total. The van der Waals surface area contributed by atoms with Gasteiger partial charge < -0.3 is 14.9 Å². The average molecular weight is 514 g/mol. The van der Waals surface area contributed by atoms with E-state index in [1.807, 2.05) is 69.9 Å². The predicted molar refractivity (Wildman–Crippen MR) is 154 cm³/mol. The highest BCUT2D eigenvalue weighted by molar-refractivity contribution is 5.99. The molecule has 3 N–H and O–H groups in total. The zero-order valence-electron chi connectivity index (χ0n) is 21.7. The number of carbonyl (C=O) groups is 2. The minimum atomic E-state index is -0.180. The molecule has 0 spiro atoms. The number of hydrogen-bond acceptors (Lipinski definition) is 3. The van der Waals surface area contributed by atoms with Crippen molar-refractivity contribution in [1.29, 1.82) is 5.41 Å². The Bertz CT molecular complexity index is 1940. The third-order valence-corrected chi connectivity index (χ3v) is 7.07. The first-order valence-corrected chi connectivity index (χ1v) is 12.7. The second-order valence-corrected chi connectivity index (χ2v) is 9.63. The molecule has 2 aromatic heterocycles. The lowest BCUT2D eigenvalue weighted by atomic mass is 9.99. The molecule has 0 atom stereocenters. The minimum absolute atomic E-state index is 0.0419. The number of Topliss-reactive ketones (excluding diaryl/α,β-unsaturated/α-hetero) is 1. The van der Waals surface area contributed by atoms with Crippen LogP contribution in [0.2, 0.25) is 0 Å². The van der Waals surface area contributed by atoms with Crippen molar-refractivity contribution >= 4 is 39.3 Å². The lowest BCUT2D eigenvalue weighted by Gasteiger charge is -2.13. The molecule has 7 heteroatoms. The molecule has 0 aliphatic heterocycles. The van der Waals surface area contributed by atoms with Crippen LogP contribution >= 0.6 is 0 Å². The Labute approximate surface area is 224 Å². The van der Waals surface area contributed by atoms with Crippen LogP contribution in [0.15, 0.2) is 97.2 Å². The fraction of sp³-hybridized carbons (Fsp3) is 0.0938. The maximum atomic E-state index is 12.0. The predicted octanol–water partition coefficient (Wildman–Crippen LogP) is 6.27. The van der Waals surface area contributed by atoms with E-state index in [9.17, 15) is 15.0 Å². The van der Waals surface area contributed by atoms with Gasteiger partial charge in [-0.2, -0.15) is 0 Å². The summed E-state index contributed by atoms with van der Waals surface area (Å²) in [5.41, 5.74) is 8.19. The standard InChI is InChI=1S/C32H27N5O2/c1-20(38)23-12-15-29(35-21(2)39)27(18-23)22-10-13-25(14-11-22)37-31-9-4-3-8-30(31)36(32(37)33)19-24-6-5-7-28-26(24)16-17-34-28/h3-18,33-34H,19H2,1-2H3,(H,35,39). The molecule has 1 amide bonds. The lowest BCUT2D eigenvalue weighted by molar-refractivity contribution is -0.114. The summed E-state index contributed by atoms with van der Waals surface area (Å²) in [7, 11) is 0. The van der Waals surface area contributed by atoms with Crippen molar-refractivity contribution < 1.29 is 9.59 Å². The Morgan fingerprint density at radius 1 is 0.872 bits per heavy atom. The summed E-state index contributed by atoms with van der Waals surface area (Å²) in [6, 6.07) is 29.4. The van der Waals surface area contributed by atoms with Gasteiger partial charge in [0.1, 0.15) is 0 Å². The Kier molecular flexibility index (Phi) is 5.96. The first-order chi connectivity index (χ1) is 18.9. The highest BCUT2D eigenvalue weighted by Crippen LogP contribution is 2.31. The van der Waals surface area contributed by atoms with Crippen LogP contribution < -0.4 is 10.9 Å². The van der Waals surface area contributed by atoms with Gasteiger partial charge >= 0.3 is 0 Å². The summed E-state index contributed by atoms with van der Waals surface area (Å²) in [6.45, 7) is 3.56. The molecule has 0 radical (unpaired) electrons. The summed E-state index contributed by atoms with van der Waals surface area (Å²) in [6.07, 6.45) is 1.94. The quantitative estimate of drug-likeness (QED) is 0.229. The zero-order valence-corrected chi connectivity index (χ0v) is 21.7. The van der Waals surface area contributed by atoms with Crippen molar-refractivity contribution in [2.24, 2.45) is 0 Å². The molecule has 2 heterocycles. The van der Waals surface area contributed by atoms with Crippen LogP contribution in [0.3, 0.4) is 0 Å². The third-order valence-electron chi connectivity index (χ3n) is 7.07. The van der Waals surface area contributed by atoms with Crippen molar-refractivity contribution in [1.82, 2.24) is 14.1 Å². The van der Waals surface area contributed by atoms with Gasteiger partial charge in [-0.1, -0.05) is 36.4 Å². The first kappa shape index (κ1) is 24.2. The molecule has 39 heavy (non-hydrogen) atoms. The monoisotopic (exact) mass is 513 g/mol. The van der Waals surface area contributed by atoms with E-state index < -0.39 is 0 Å². The summed E-state index contributed by atoms with van der Waals surface area (Å²) in [4.78, 5) is 27.1. The molecule has 0 unspecified atom stereocenters. The molecule has 6 aromatic rings. The Morgan fingerprint density at radius 2 is 1.64 bits per heavy atom. The van der Waals surface area contributed by atoms with Gasteiger partial charge in [0.25, 0.3) is 0 Å². The molecule has 192 valence electrons. The Balaban J connectivity index is 1.44. The van der Waals surface area contributed by atoms with Gasteiger partial charge in [-0.15, -0.1) is 0 Å². The van der Waals surface area contributed by atoms with Crippen LogP contribution in [-0.2, 0) is 11.3 Å². The van der Waals surface area contributed by atoms with Crippen LogP contribution in [-0.4, -0.2) is 25.8 Å². The van der Waals surface area contributed by atoms with Crippen LogP contribution in [0.4, 0.5) is 5.69 Å². The lowest BCUT2D eigenvalue weighted by Crippen LogP contribution is -2.24. The number of aromatic amines is 1. The molecule has 0 fully saturated rings. The molecule has 0 saturated heterocycles. The highest BCUT2D eigenvalue weighted by Gasteiger charge is 2.15. The van der Waals surface area contributed by atoms with Gasteiger partial charge in [-0.05, 0) is 72.6 Å². The number of aromatic nitrogens is 3. The van der Waals surface area contributed by atoms with Gasteiger partial charge in [0.05, 0.1) is 17.6 Å². The molecule has 0 saturated carbocycles. The molecule has 4 aromatic carbocycles. The molecule has 0 aliphatic carbocycles. The summed E-state index contributed by atoms with van der Waals surface area (Å²) < 4.78 is 3.97. The van der Waals surface area contributed by atoms with Crippen LogP contribution in [0.5, 0.6) is 0 Å². The van der Waals surface area contributed by atoms with E-state index in [4.69, 9.17) is 0 Å². The van der Waals surface area contributed by atoms with Gasteiger partial charge in [0.15, 0.2) is 5.78 Å². The SMILES string of the molecule is CC(=O)Nc1ccc(C(C)=O)cc1-c1ccc(-n2c(=N)n(Cc3cccc4[nH]ccc34)c3ccccc32)cc1. The molecular formula is C32H27N5O2. The number of amides is 1. The van der Waals surface area contributed by atoms with E-state index >= 15 is 0 Å². The van der Waals surface area contributed by atoms with E-state index in [0.717, 1.165) is 44.3 Å². The smallest absolute Gasteiger partial charge is 0.221 e. The van der Waals surface area contributed by atoms with Gasteiger partial charge in [-0.25, -0.2) is 0 Å². The molecule has 6 rings (SSSR count). The maximum Gasteiger partial charge on any atom is 0.221 e. The number of benzene rings is 4. The van der Waals surface area contributed by atoms with E-state index in [-0.39, 0.29) is 11.7 Å². The van der Waals surface area contributed by atoms with Crippen molar-refractivity contribution in [3.8, 4) is 16.8 Å². The number of rotatable bonds is 6. The van der Waals surface area contributed by atoms with E-state index in [1.165, 1.54) is 13.8 Å². The average Bonchev–Trinajstić information content (AvgIpc) is 3.52. The van der Waals surface area contributed by atoms with Crippen molar-refractivity contribution in [3.63, 3.8) is 0 Å². The van der Waals surface area contributed by atoms with Crippen LogP contribution in [0.25, 0.3) is 38.8 Å². The largest absolute Gasteiger partial charge is 0.361 e.